The first-order valence-electron chi connectivity index (χ1n) is 12.7. The van der Waals surface area contributed by atoms with Crippen molar-refractivity contribution in [2.75, 3.05) is 13.3 Å². The fourth-order valence-corrected chi connectivity index (χ4v) is 5.87. The lowest BCUT2D eigenvalue weighted by atomic mass is 9.89. The van der Waals surface area contributed by atoms with Gasteiger partial charge in [-0.05, 0) is 67.3 Å². The van der Waals surface area contributed by atoms with Crippen molar-refractivity contribution in [3.05, 3.63) is 53.6 Å². The summed E-state index contributed by atoms with van der Waals surface area (Å²) in [7, 11) is 0. The van der Waals surface area contributed by atoms with Crippen molar-refractivity contribution in [3.8, 4) is 11.5 Å². The lowest BCUT2D eigenvalue weighted by Crippen LogP contribution is -2.62. The number of piperidine rings is 1. The van der Waals surface area contributed by atoms with E-state index in [0.717, 1.165) is 48.9 Å². The maximum absolute atomic E-state index is 13.6. The molecule has 1 amide bonds. The van der Waals surface area contributed by atoms with Crippen LogP contribution in [0, 0.1) is 23.6 Å². The summed E-state index contributed by atoms with van der Waals surface area (Å²) in [4.78, 5) is 32.2. The molecule has 0 spiro atoms. The number of hydrogen-bond acceptors (Lipinski definition) is 7. The predicted molar refractivity (Wildman–Crippen MR) is 127 cm³/mol. The van der Waals surface area contributed by atoms with Gasteiger partial charge in [-0.2, -0.15) is 0 Å². The Kier molecular flexibility index (Phi) is 6.03. The quantitative estimate of drug-likeness (QED) is 0.615. The lowest BCUT2D eigenvalue weighted by molar-refractivity contribution is -0.157. The zero-order valence-electron chi connectivity index (χ0n) is 20.2. The van der Waals surface area contributed by atoms with Crippen molar-refractivity contribution >= 4 is 11.9 Å². The Hall–Kier alpha value is -3.20. The molecule has 2 bridgehead atoms. The minimum absolute atomic E-state index is 0.0272. The molecular formula is C27H30FN3O5. The van der Waals surface area contributed by atoms with Crippen LogP contribution in [0.25, 0.3) is 0 Å². The molecule has 2 aromatic rings. The average Bonchev–Trinajstić information content (AvgIpc) is 3.66. The van der Waals surface area contributed by atoms with E-state index < -0.39 is 11.9 Å². The number of amides is 1. The Morgan fingerprint density at radius 3 is 2.78 bits per heavy atom. The van der Waals surface area contributed by atoms with Crippen LogP contribution in [-0.4, -0.2) is 53.3 Å². The fourth-order valence-electron chi connectivity index (χ4n) is 5.87. The Balaban J connectivity index is 1.28. The molecule has 1 aromatic heterocycles. The van der Waals surface area contributed by atoms with Gasteiger partial charge in [0, 0.05) is 19.1 Å². The number of nitrogens with one attached hydrogen (secondary N) is 1. The second kappa shape index (κ2) is 9.35. The van der Waals surface area contributed by atoms with Crippen LogP contribution in [0.15, 0.2) is 36.5 Å². The number of carbonyl (C=O) groups is 2. The van der Waals surface area contributed by atoms with Crippen LogP contribution in [0.3, 0.4) is 0 Å². The molecule has 2 saturated carbocycles. The van der Waals surface area contributed by atoms with Gasteiger partial charge in [0.15, 0.2) is 11.5 Å². The third-order valence-electron chi connectivity index (χ3n) is 7.79. The number of pyridine rings is 1. The molecule has 4 heterocycles. The standard InChI is InChI=1S/C27H30FN3O5/c1-15-8-17-9-21(29-11-16-2-7-22-23(10-16)35-14-34-22)24(25(15)36-27(33)18-3-4-18)31(13-17)26(32)20-6-5-19(28)12-30-20/h2,5-7,10,12,15,17-18,21,24-25,29H,3-4,8-9,11,13-14H2,1H3/t15-,17-,21+,24+,25-/m1/s1. The van der Waals surface area contributed by atoms with Crippen LogP contribution in [0.5, 0.6) is 11.5 Å². The summed E-state index contributed by atoms with van der Waals surface area (Å²) in [5.41, 5.74) is 1.23. The molecule has 2 saturated heterocycles. The van der Waals surface area contributed by atoms with Gasteiger partial charge in [-0.3, -0.25) is 9.59 Å². The van der Waals surface area contributed by atoms with Crippen LogP contribution in [-0.2, 0) is 16.1 Å². The highest BCUT2D eigenvalue weighted by molar-refractivity contribution is 5.92. The first-order chi connectivity index (χ1) is 17.5. The molecule has 2 aliphatic carbocycles. The number of halogens is 1. The van der Waals surface area contributed by atoms with Crippen molar-refractivity contribution in [2.24, 2.45) is 17.8 Å². The molecule has 1 N–H and O–H groups in total. The molecule has 1 aromatic carbocycles. The second-order valence-corrected chi connectivity index (χ2v) is 10.5. The molecule has 36 heavy (non-hydrogen) atoms. The van der Waals surface area contributed by atoms with Gasteiger partial charge in [0.05, 0.1) is 18.2 Å². The Morgan fingerprint density at radius 1 is 1.17 bits per heavy atom. The number of benzene rings is 1. The molecule has 0 radical (unpaired) electrons. The van der Waals surface area contributed by atoms with Crippen LogP contribution < -0.4 is 14.8 Å². The van der Waals surface area contributed by atoms with Crippen LogP contribution in [0.4, 0.5) is 4.39 Å². The lowest BCUT2D eigenvalue weighted by Gasteiger charge is -2.45. The molecular weight excluding hydrogens is 465 g/mol. The summed E-state index contributed by atoms with van der Waals surface area (Å²) in [5, 5.41) is 3.65. The molecule has 5 aliphatic rings. The van der Waals surface area contributed by atoms with E-state index in [0.29, 0.717) is 13.1 Å². The zero-order valence-corrected chi connectivity index (χ0v) is 20.2. The van der Waals surface area contributed by atoms with Crippen molar-refractivity contribution < 1.29 is 28.2 Å². The summed E-state index contributed by atoms with van der Waals surface area (Å²) < 4.78 is 30.5. The highest BCUT2D eigenvalue weighted by Crippen LogP contribution is 2.41. The van der Waals surface area contributed by atoms with E-state index in [9.17, 15) is 14.0 Å². The molecule has 9 heteroatoms. The number of rotatable bonds is 6. The topological polar surface area (TPSA) is 90.0 Å². The van der Waals surface area contributed by atoms with Gasteiger partial charge in [-0.1, -0.05) is 13.0 Å². The number of nitrogens with zero attached hydrogens (tertiary/aromatic N) is 2. The second-order valence-electron chi connectivity index (χ2n) is 10.5. The van der Waals surface area contributed by atoms with Gasteiger partial charge in [0.25, 0.3) is 5.91 Å². The summed E-state index contributed by atoms with van der Waals surface area (Å²) in [6.45, 7) is 3.46. The third kappa shape index (κ3) is 4.52. The zero-order chi connectivity index (χ0) is 24.8. The molecule has 7 rings (SSSR count). The number of carbonyl (C=O) groups excluding carboxylic acids is 2. The van der Waals surface area contributed by atoms with Crippen LogP contribution in [0.1, 0.15) is 48.7 Å². The van der Waals surface area contributed by atoms with E-state index in [-0.39, 0.29) is 54.2 Å². The van der Waals surface area contributed by atoms with Gasteiger partial charge in [0.2, 0.25) is 6.79 Å². The monoisotopic (exact) mass is 495 g/mol. The van der Waals surface area contributed by atoms with E-state index in [2.05, 4.69) is 17.2 Å². The maximum Gasteiger partial charge on any atom is 0.309 e. The summed E-state index contributed by atoms with van der Waals surface area (Å²) in [5.74, 6) is 0.869. The first kappa shape index (κ1) is 23.2. The van der Waals surface area contributed by atoms with Crippen molar-refractivity contribution in [3.63, 3.8) is 0 Å². The summed E-state index contributed by atoms with van der Waals surface area (Å²) in [6, 6.07) is 8.09. The van der Waals surface area contributed by atoms with Crippen molar-refractivity contribution in [2.45, 2.75) is 57.3 Å². The number of ether oxygens (including phenoxy) is 3. The van der Waals surface area contributed by atoms with Crippen molar-refractivity contribution in [1.29, 1.82) is 0 Å². The van der Waals surface area contributed by atoms with E-state index >= 15 is 0 Å². The van der Waals surface area contributed by atoms with Crippen LogP contribution >= 0.6 is 0 Å². The molecule has 8 nitrogen and oxygen atoms in total. The van der Waals surface area contributed by atoms with Crippen molar-refractivity contribution in [1.82, 2.24) is 15.2 Å². The summed E-state index contributed by atoms with van der Waals surface area (Å²) >= 11 is 0. The summed E-state index contributed by atoms with van der Waals surface area (Å²) in [6.07, 6.45) is 4.10. The van der Waals surface area contributed by atoms with Gasteiger partial charge >= 0.3 is 5.97 Å². The van der Waals surface area contributed by atoms with Gasteiger partial charge in [-0.15, -0.1) is 0 Å². The Morgan fingerprint density at radius 2 is 2.00 bits per heavy atom. The minimum atomic E-state index is -0.489. The number of aromatic nitrogens is 1. The third-order valence-corrected chi connectivity index (χ3v) is 7.79. The predicted octanol–water partition coefficient (Wildman–Crippen LogP) is 3.30. The average molecular weight is 496 g/mol. The normalized spacial score (nSPS) is 28.6. The SMILES string of the molecule is C[C@@H]1C[C@@H]2C[C@H](NCc3ccc4c(c3)OCO4)[C@@H]([C@@H]1OC(=O)C1CC1)N(C(=O)c1ccc(F)cn1)C2. The Bertz CT molecular complexity index is 1150. The van der Waals surface area contributed by atoms with Crippen LogP contribution in [0.2, 0.25) is 0 Å². The molecule has 4 fully saturated rings. The van der Waals surface area contributed by atoms with Gasteiger partial charge in [-0.25, -0.2) is 9.37 Å². The molecule has 3 aliphatic heterocycles. The maximum atomic E-state index is 13.6. The number of fused-ring (bicyclic) bond motifs is 5. The van der Waals surface area contributed by atoms with E-state index in [1.807, 2.05) is 18.2 Å². The minimum Gasteiger partial charge on any atom is -0.460 e. The molecule has 190 valence electrons. The molecule has 0 unspecified atom stereocenters. The number of hydrogen-bond donors (Lipinski definition) is 1. The fraction of sp³-hybridized carbons (Fsp3) is 0.519. The smallest absolute Gasteiger partial charge is 0.309 e. The van der Waals surface area contributed by atoms with E-state index in [1.165, 1.54) is 12.1 Å². The highest BCUT2D eigenvalue weighted by Gasteiger charge is 2.51. The van der Waals surface area contributed by atoms with E-state index in [4.69, 9.17) is 14.2 Å². The largest absolute Gasteiger partial charge is 0.460 e. The van der Waals surface area contributed by atoms with Gasteiger partial charge in [0.1, 0.15) is 17.6 Å². The number of esters is 1. The first-order valence-corrected chi connectivity index (χ1v) is 12.7. The highest BCUT2D eigenvalue weighted by atomic mass is 19.1. The molecule has 5 atom stereocenters. The Labute approximate surface area is 209 Å². The van der Waals surface area contributed by atoms with Gasteiger partial charge < -0.3 is 24.4 Å². The van der Waals surface area contributed by atoms with E-state index in [1.54, 1.807) is 4.90 Å².